The van der Waals surface area contributed by atoms with E-state index in [0.29, 0.717) is 38.4 Å². The highest BCUT2D eigenvalue weighted by molar-refractivity contribution is 5.88. The number of likely N-dealkylation sites (tertiary alicyclic amines) is 1. The quantitative estimate of drug-likeness (QED) is 0.834. The molecule has 116 valence electrons. The number of hydrogen-bond donors (Lipinski definition) is 1. The van der Waals surface area contributed by atoms with Crippen LogP contribution in [-0.2, 0) is 14.3 Å². The van der Waals surface area contributed by atoms with Crippen molar-refractivity contribution in [2.24, 2.45) is 5.92 Å². The third-order valence-corrected chi connectivity index (χ3v) is 5.03. The molecule has 2 aliphatic carbocycles. The summed E-state index contributed by atoms with van der Waals surface area (Å²) in [5.41, 5.74) is -1.58. The van der Waals surface area contributed by atoms with Crippen LogP contribution in [-0.4, -0.2) is 53.7 Å². The molecule has 2 saturated heterocycles. The number of nitrogens with zero attached hydrogens (tertiary/aromatic N) is 1. The fourth-order valence-electron chi connectivity index (χ4n) is 3.49. The van der Waals surface area contributed by atoms with Crippen molar-refractivity contribution in [1.29, 1.82) is 0 Å². The van der Waals surface area contributed by atoms with Crippen molar-refractivity contribution in [3.8, 4) is 0 Å². The molecule has 4 aliphatic rings. The fraction of sp³-hybridized carbons (Fsp3) is 0.867. The first-order valence-electron chi connectivity index (χ1n) is 7.97. The minimum Gasteiger partial charge on any atom is -0.372 e. The first kappa shape index (κ1) is 13.5. The number of rotatable bonds is 4. The predicted molar refractivity (Wildman–Crippen MR) is 72.2 cm³/mol. The number of hydrogen-bond acceptors (Lipinski definition) is 3. The van der Waals surface area contributed by atoms with Gasteiger partial charge in [0.1, 0.15) is 0 Å². The number of ether oxygens (including phenoxy) is 1. The van der Waals surface area contributed by atoms with Gasteiger partial charge >= 0.3 is 0 Å². The number of carbonyl (C=O) groups excluding carboxylic acids is 2. The van der Waals surface area contributed by atoms with Crippen molar-refractivity contribution in [3.63, 3.8) is 0 Å². The molecule has 21 heavy (non-hydrogen) atoms. The summed E-state index contributed by atoms with van der Waals surface area (Å²) in [5, 5.41) is 2.97. The predicted octanol–water partition coefficient (Wildman–Crippen LogP) is 0.773. The fourth-order valence-corrected chi connectivity index (χ4v) is 3.49. The molecule has 4 rings (SSSR count). The molecule has 3 atom stereocenters. The van der Waals surface area contributed by atoms with E-state index in [1.807, 2.05) is 0 Å². The van der Waals surface area contributed by atoms with E-state index in [2.05, 4.69) is 5.32 Å². The Bertz CT molecular complexity index is 462. The molecule has 0 unspecified atom stereocenters. The minimum atomic E-state index is -1.58. The number of amides is 2. The molecule has 4 fully saturated rings. The van der Waals surface area contributed by atoms with E-state index in [1.165, 1.54) is 0 Å². The van der Waals surface area contributed by atoms with Gasteiger partial charge in [-0.25, -0.2) is 4.39 Å². The van der Waals surface area contributed by atoms with E-state index in [-0.39, 0.29) is 29.9 Å². The molecule has 1 N–H and O–H groups in total. The van der Waals surface area contributed by atoms with E-state index >= 15 is 0 Å². The molecule has 0 aromatic rings. The lowest BCUT2D eigenvalue weighted by molar-refractivity contribution is -0.138. The molecule has 5 nitrogen and oxygen atoms in total. The minimum absolute atomic E-state index is 0.0185. The van der Waals surface area contributed by atoms with Gasteiger partial charge in [0, 0.05) is 25.0 Å². The van der Waals surface area contributed by atoms with Crippen LogP contribution < -0.4 is 5.32 Å². The average molecular weight is 296 g/mol. The molecule has 2 heterocycles. The Morgan fingerprint density at radius 1 is 1.29 bits per heavy atom. The Morgan fingerprint density at radius 2 is 2.05 bits per heavy atom. The first-order valence-corrected chi connectivity index (χ1v) is 7.97. The Morgan fingerprint density at radius 3 is 2.67 bits per heavy atom. The second-order valence-corrected chi connectivity index (χ2v) is 7.01. The zero-order valence-electron chi connectivity index (χ0n) is 12.0. The lowest BCUT2D eigenvalue weighted by Crippen LogP contribution is -2.38. The summed E-state index contributed by atoms with van der Waals surface area (Å²) in [7, 11) is 0. The molecule has 0 radical (unpaired) electrons. The molecule has 2 aliphatic heterocycles. The van der Waals surface area contributed by atoms with Crippen molar-refractivity contribution >= 4 is 11.8 Å². The smallest absolute Gasteiger partial charge is 0.260 e. The zero-order valence-corrected chi connectivity index (χ0v) is 12.0. The summed E-state index contributed by atoms with van der Waals surface area (Å²) < 4.78 is 19.7. The van der Waals surface area contributed by atoms with Crippen LogP contribution in [0.3, 0.4) is 0 Å². The monoisotopic (exact) mass is 296 g/mol. The SMILES string of the molecule is O=C(C[C@@H]1C[C@H]2CN(C(=O)C3(F)CC3)C[C@H]2O1)NC1CC1. The highest BCUT2D eigenvalue weighted by atomic mass is 19.1. The van der Waals surface area contributed by atoms with Crippen molar-refractivity contribution in [2.45, 2.75) is 62.4 Å². The zero-order chi connectivity index (χ0) is 14.6. The van der Waals surface area contributed by atoms with Crippen molar-refractivity contribution in [3.05, 3.63) is 0 Å². The van der Waals surface area contributed by atoms with Gasteiger partial charge in [-0.3, -0.25) is 9.59 Å². The lowest BCUT2D eigenvalue weighted by atomic mass is 10.0. The number of carbonyl (C=O) groups is 2. The average Bonchev–Trinajstić information content (AvgIpc) is 3.29. The van der Waals surface area contributed by atoms with Crippen molar-refractivity contribution in [1.82, 2.24) is 10.2 Å². The van der Waals surface area contributed by atoms with Crippen LogP contribution in [0.15, 0.2) is 0 Å². The van der Waals surface area contributed by atoms with Gasteiger partial charge in [-0.1, -0.05) is 0 Å². The number of nitrogens with one attached hydrogen (secondary N) is 1. The number of fused-ring (bicyclic) bond motifs is 1. The maximum Gasteiger partial charge on any atom is 0.260 e. The van der Waals surface area contributed by atoms with Gasteiger partial charge in [0.25, 0.3) is 5.91 Å². The molecule has 0 aromatic carbocycles. The van der Waals surface area contributed by atoms with Gasteiger partial charge in [0.05, 0.1) is 18.6 Å². The summed E-state index contributed by atoms with van der Waals surface area (Å²) in [6.45, 7) is 1.06. The Labute approximate surface area is 123 Å². The standard InChI is InChI=1S/C15H21FN2O3/c16-15(3-4-15)14(20)18-7-9-5-11(21-12(9)8-18)6-13(19)17-10-1-2-10/h9-12H,1-8H2,(H,17,19)/t9-,11-,12+/m0/s1. The summed E-state index contributed by atoms with van der Waals surface area (Å²) in [6.07, 6.45) is 4.04. The van der Waals surface area contributed by atoms with Crippen LogP contribution in [0.2, 0.25) is 0 Å². The van der Waals surface area contributed by atoms with E-state index in [0.717, 1.165) is 19.3 Å². The van der Waals surface area contributed by atoms with Crippen LogP contribution in [0, 0.1) is 5.92 Å². The largest absolute Gasteiger partial charge is 0.372 e. The van der Waals surface area contributed by atoms with Gasteiger partial charge in [-0.05, 0) is 32.1 Å². The van der Waals surface area contributed by atoms with E-state index in [4.69, 9.17) is 4.74 Å². The third-order valence-electron chi connectivity index (χ3n) is 5.03. The summed E-state index contributed by atoms with van der Waals surface area (Å²) in [4.78, 5) is 25.4. The highest BCUT2D eigenvalue weighted by Crippen LogP contribution is 2.43. The van der Waals surface area contributed by atoms with E-state index < -0.39 is 5.67 Å². The molecular weight excluding hydrogens is 275 g/mol. The van der Waals surface area contributed by atoms with Gasteiger partial charge in [-0.2, -0.15) is 0 Å². The van der Waals surface area contributed by atoms with Crippen LogP contribution in [0.5, 0.6) is 0 Å². The Hall–Kier alpha value is -1.17. The first-order chi connectivity index (χ1) is 10.0. The van der Waals surface area contributed by atoms with Gasteiger partial charge in [0.2, 0.25) is 5.91 Å². The molecule has 2 amide bonds. The second kappa shape index (κ2) is 4.66. The highest BCUT2D eigenvalue weighted by Gasteiger charge is 2.55. The maximum atomic E-state index is 13.8. The topological polar surface area (TPSA) is 58.6 Å². The van der Waals surface area contributed by atoms with E-state index in [1.54, 1.807) is 4.90 Å². The summed E-state index contributed by atoms with van der Waals surface area (Å²) in [5.74, 6) is -0.0327. The van der Waals surface area contributed by atoms with Crippen molar-refractivity contribution < 1.29 is 18.7 Å². The van der Waals surface area contributed by atoms with Crippen LogP contribution in [0.4, 0.5) is 4.39 Å². The third kappa shape index (κ3) is 2.65. The van der Waals surface area contributed by atoms with E-state index in [9.17, 15) is 14.0 Å². The second-order valence-electron chi connectivity index (χ2n) is 7.01. The molecule has 6 heteroatoms. The molecular formula is C15H21FN2O3. The molecule has 0 spiro atoms. The van der Waals surface area contributed by atoms with Crippen LogP contribution in [0.1, 0.15) is 38.5 Å². The van der Waals surface area contributed by atoms with Crippen LogP contribution in [0.25, 0.3) is 0 Å². The molecule has 2 saturated carbocycles. The summed E-state index contributed by atoms with van der Waals surface area (Å²) in [6, 6.07) is 0.380. The van der Waals surface area contributed by atoms with Crippen LogP contribution >= 0.6 is 0 Å². The number of halogens is 1. The molecule has 0 bridgehead atoms. The Kier molecular flexibility index (Phi) is 3.00. The lowest BCUT2D eigenvalue weighted by Gasteiger charge is -2.20. The van der Waals surface area contributed by atoms with Gasteiger partial charge in [0.15, 0.2) is 5.67 Å². The van der Waals surface area contributed by atoms with Crippen molar-refractivity contribution in [2.75, 3.05) is 13.1 Å². The van der Waals surface area contributed by atoms with Gasteiger partial charge < -0.3 is 15.0 Å². The van der Waals surface area contributed by atoms with Gasteiger partial charge in [-0.15, -0.1) is 0 Å². The summed E-state index contributed by atoms with van der Waals surface area (Å²) >= 11 is 0. The normalized spacial score (nSPS) is 36.4. The number of alkyl halides is 1. The Balaban J connectivity index is 1.27. The maximum absolute atomic E-state index is 13.8. The molecule has 0 aromatic heterocycles.